The molecule has 0 spiro atoms. The number of carbonyl (C=O) groups is 1. The van der Waals surface area contributed by atoms with Crippen LogP contribution >= 0.6 is 11.3 Å². The van der Waals surface area contributed by atoms with Gasteiger partial charge in [-0.15, -0.1) is 11.3 Å². The van der Waals surface area contributed by atoms with Gasteiger partial charge in [0.1, 0.15) is 0 Å². The summed E-state index contributed by atoms with van der Waals surface area (Å²) < 4.78 is 0. The van der Waals surface area contributed by atoms with Crippen LogP contribution < -0.4 is 5.32 Å². The first-order valence-corrected chi connectivity index (χ1v) is 7.99. The molecule has 96 valence electrons. The van der Waals surface area contributed by atoms with E-state index in [2.05, 4.69) is 11.4 Å². The van der Waals surface area contributed by atoms with Gasteiger partial charge in [0.2, 0.25) is 5.91 Å². The van der Waals surface area contributed by atoms with Crippen molar-refractivity contribution in [3.8, 4) is 0 Å². The molecule has 2 unspecified atom stereocenters. The minimum absolute atomic E-state index is 0.302. The number of hydrogen-bond donors (Lipinski definition) is 1. The summed E-state index contributed by atoms with van der Waals surface area (Å²) in [5.74, 6) is 2.41. The van der Waals surface area contributed by atoms with E-state index in [1.807, 2.05) is 11.3 Å². The molecule has 1 aromatic rings. The molecule has 0 aliphatic heterocycles. The Bertz CT molecular complexity index is 461. The van der Waals surface area contributed by atoms with Crippen LogP contribution in [0.3, 0.4) is 0 Å². The molecule has 1 N–H and O–H groups in total. The molecule has 0 aromatic carbocycles. The summed E-state index contributed by atoms with van der Waals surface area (Å²) in [7, 11) is 0. The molecule has 3 aliphatic rings. The number of hydrogen-bond acceptors (Lipinski definition) is 2. The van der Waals surface area contributed by atoms with Gasteiger partial charge in [-0.2, -0.15) is 0 Å². The first-order valence-electron chi connectivity index (χ1n) is 7.18. The summed E-state index contributed by atoms with van der Waals surface area (Å²) >= 11 is 1.90. The molecule has 2 fully saturated rings. The van der Waals surface area contributed by atoms with E-state index in [1.165, 1.54) is 36.1 Å². The lowest BCUT2D eigenvalue weighted by molar-refractivity contribution is -0.125. The Balaban J connectivity index is 1.33. The first kappa shape index (κ1) is 11.0. The molecule has 1 amide bonds. The zero-order valence-electron chi connectivity index (χ0n) is 10.6. The summed E-state index contributed by atoms with van der Waals surface area (Å²) in [5.41, 5.74) is 1.53. The fraction of sp³-hybridized carbons (Fsp3) is 0.667. The third-order valence-corrected chi connectivity index (χ3v) is 6.09. The second kappa shape index (κ2) is 4.09. The molecule has 0 radical (unpaired) electrons. The topological polar surface area (TPSA) is 29.1 Å². The maximum atomic E-state index is 12.1. The molecule has 18 heavy (non-hydrogen) atoms. The van der Waals surface area contributed by atoms with Gasteiger partial charge in [0, 0.05) is 15.7 Å². The SMILES string of the molecule is O=C(NCc1cc2c(s1)CCC2)C1CC2CC2C1. The van der Waals surface area contributed by atoms with Crippen molar-refractivity contribution in [2.75, 3.05) is 0 Å². The van der Waals surface area contributed by atoms with E-state index in [-0.39, 0.29) is 0 Å². The predicted molar refractivity (Wildman–Crippen MR) is 72.5 cm³/mol. The Labute approximate surface area is 112 Å². The summed E-state index contributed by atoms with van der Waals surface area (Å²) in [6.07, 6.45) is 7.50. The average molecular weight is 261 g/mol. The standard InChI is InChI=1S/C15H19NOS/c17-15(12-5-10-4-11(10)6-12)16-8-13-7-9-2-1-3-14(9)18-13/h7,10-12H,1-6,8H2,(H,16,17). The summed E-state index contributed by atoms with van der Waals surface area (Å²) in [4.78, 5) is 15.0. The summed E-state index contributed by atoms with van der Waals surface area (Å²) in [6, 6.07) is 2.30. The lowest BCUT2D eigenvalue weighted by atomic mass is 10.0. The highest BCUT2D eigenvalue weighted by Crippen LogP contribution is 2.54. The van der Waals surface area contributed by atoms with Gasteiger partial charge in [0.15, 0.2) is 0 Å². The van der Waals surface area contributed by atoms with E-state index in [0.717, 1.165) is 31.2 Å². The van der Waals surface area contributed by atoms with Gasteiger partial charge in [0.05, 0.1) is 6.54 Å². The van der Waals surface area contributed by atoms with Crippen molar-refractivity contribution in [2.24, 2.45) is 17.8 Å². The molecule has 1 heterocycles. The van der Waals surface area contributed by atoms with Crippen LogP contribution in [-0.4, -0.2) is 5.91 Å². The molecule has 0 bridgehead atoms. The van der Waals surface area contributed by atoms with Gasteiger partial charge in [-0.25, -0.2) is 0 Å². The van der Waals surface area contributed by atoms with Gasteiger partial charge in [-0.05, 0) is 62.0 Å². The maximum Gasteiger partial charge on any atom is 0.223 e. The van der Waals surface area contributed by atoms with Crippen LogP contribution in [0.5, 0.6) is 0 Å². The fourth-order valence-corrected chi connectivity index (χ4v) is 4.93. The lowest BCUT2D eigenvalue weighted by Crippen LogP contribution is -2.29. The predicted octanol–water partition coefficient (Wildman–Crippen LogP) is 2.90. The van der Waals surface area contributed by atoms with Crippen molar-refractivity contribution in [3.05, 3.63) is 21.4 Å². The largest absolute Gasteiger partial charge is 0.351 e. The minimum Gasteiger partial charge on any atom is -0.351 e. The molecule has 3 aliphatic carbocycles. The normalized spacial score (nSPS) is 32.1. The highest BCUT2D eigenvalue weighted by atomic mass is 32.1. The fourth-order valence-electron chi connectivity index (χ4n) is 3.73. The number of thiophene rings is 1. The number of amides is 1. The van der Waals surface area contributed by atoms with E-state index in [1.54, 1.807) is 4.88 Å². The van der Waals surface area contributed by atoms with Gasteiger partial charge in [-0.1, -0.05) is 0 Å². The molecule has 2 nitrogen and oxygen atoms in total. The van der Waals surface area contributed by atoms with E-state index in [0.29, 0.717) is 11.8 Å². The maximum absolute atomic E-state index is 12.1. The van der Waals surface area contributed by atoms with Gasteiger partial charge in [-0.3, -0.25) is 4.79 Å². The Hall–Kier alpha value is -0.830. The van der Waals surface area contributed by atoms with Gasteiger partial charge in [0.25, 0.3) is 0 Å². The lowest BCUT2D eigenvalue weighted by Gasteiger charge is -2.11. The second-order valence-electron chi connectivity index (χ2n) is 6.16. The zero-order valence-corrected chi connectivity index (χ0v) is 11.4. The second-order valence-corrected chi connectivity index (χ2v) is 7.38. The molecule has 4 rings (SSSR count). The van der Waals surface area contributed by atoms with E-state index >= 15 is 0 Å². The van der Waals surface area contributed by atoms with Crippen LogP contribution in [0.2, 0.25) is 0 Å². The smallest absolute Gasteiger partial charge is 0.223 e. The summed E-state index contributed by atoms with van der Waals surface area (Å²) in [6.45, 7) is 0.752. The monoisotopic (exact) mass is 261 g/mol. The highest BCUT2D eigenvalue weighted by molar-refractivity contribution is 7.12. The van der Waals surface area contributed by atoms with Crippen LogP contribution in [0.25, 0.3) is 0 Å². The highest BCUT2D eigenvalue weighted by Gasteiger charge is 2.47. The van der Waals surface area contributed by atoms with Crippen molar-refractivity contribution in [1.82, 2.24) is 5.32 Å². The molecule has 3 heteroatoms. The van der Waals surface area contributed by atoms with Crippen LogP contribution in [0, 0.1) is 17.8 Å². The van der Waals surface area contributed by atoms with Gasteiger partial charge < -0.3 is 5.32 Å². The Morgan fingerprint density at radius 2 is 2.11 bits per heavy atom. The summed E-state index contributed by atoms with van der Waals surface area (Å²) in [5, 5.41) is 3.14. The molecule has 2 saturated carbocycles. The van der Waals surface area contributed by atoms with Crippen LogP contribution in [0.1, 0.15) is 41.0 Å². The quantitative estimate of drug-likeness (QED) is 0.890. The third-order valence-electron chi connectivity index (χ3n) is 4.85. The van der Waals surface area contributed by atoms with E-state index < -0.39 is 0 Å². The van der Waals surface area contributed by atoms with Crippen molar-refractivity contribution in [1.29, 1.82) is 0 Å². The van der Waals surface area contributed by atoms with E-state index in [9.17, 15) is 4.79 Å². The Morgan fingerprint density at radius 1 is 1.28 bits per heavy atom. The number of carbonyl (C=O) groups excluding carboxylic acids is 1. The van der Waals surface area contributed by atoms with Crippen molar-refractivity contribution in [3.63, 3.8) is 0 Å². The number of fused-ring (bicyclic) bond motifs is 2. The van der Waals surface area contributed by atoms with E-state index in [4.69, 9.17) is 0 Å². The molecular formula is C15H19NOS. The van der Waals surface area contributed by atoms with Crippen LogP contribution in [0.4, 0.5) is 0 Å². The van der Waals surface area contributed by atoms with Crippen molar-refractivity contribution in [2.45, 2.75) is 45.1 Å². The van der Waals surface area contributed by atoms with Crippen molar-refractivity contribution < 1.29 is 4.79 Å². The van der Waals surface area contributed by atoms with Gasteiger partial charge >= 0.3 is 0 Å². The zero-order chi connectivity index (χ0) is 12.1. The van der Waals surface area contributed by atoms with Crippen LogP contribution in [-0.2, 0) is 24.2 Å². The molecular weight excluding hydrogens is 242 g/mol. The third kappa shape index (κ3) is 1.89. The van der Waals surface area contributed by atoms with Crippen molar-refractivity contribution >= 4 is 17.2 Å². The molecule has 0 saturated heterocycles. The Morgan fingerprint density at radius 3 is 2.89 bits per heavy atom. The van der Waals surface area contributed by atoms with Crippen LogP contribution in [0.15, 0.2) is 6.07 Å². The first-order chi connectivity index (χ1) is 8.79. The minimum atomic E-state index is 0.302. The number of nitrogens with one attached hydrogen (secondary N) is 1. The number of aryl methyl sites for hydroxylation is 2. The Kier molecular flexibility index (Phi) is 2.51. The molecule has 2 atom stereocenters. The average Bonchev–Trinajstić information content (AvgIpc) is 2.75. The molecule has 1 aromatic heterocycles. The number of rotatable bonds is 3.